The molecule has 1 aromatic rings. The predicted octanol–water partition coefficient (Wildman–Crippen LogP) is 1.12. The molecule has 0 aromatic carbocycles. The van der Waals surface area contributed by atoms with Crippen molar-refractivity contribution >= 4 is 33.7 Å². The number of carbonyl (C=O) groups excluding carboxylic acids is 2. The molecule has 0 fully saturated rings. The van der Waals surface area contributed by atoms with Gasteiger partial charge in [-0.3, -0.25) is 9.59 Å². The molecule has 0 spiro atoms. The smallest absolute Gasteiger partial charge is 0.326 e. The summed E-state index contributed by atoms with van der Waals surface area (Å²) in [6, 6.07) is 1.52. The second-order valence-electron chi connectivity index (χ2n) is 5.48. The lowest BCUT2D eigenvalue weighted by atomic mass is 10.0. The minimum Gasteiger partial charge on any atom is -0.480 e. The second kappa shape index (κ2) is 8.61. The monoisotopic (exact) mass is 385 g/mol. The lowest BCUT2D eigenvalue weighted by Crippen LogP contribution is -2.53. The minimum atomic E-state index is -1.15. The van der Waals surface area contributed by atoms with Gasteiger partial charge in [0.2, 0.25) is 11.8 Å². The molecule has 0 aliphatic rings. The van der Waals surface area contributed by atoms with Crippen molar-refractivity contribution in [1.29, 1.82) is 0 Å². The van der Waals surface area contributed by atoms with Gasteiger partial charge in [-0.2, -0.15) is 0 Å². The fourth-order valence-electron chi connectivity index (χ4n) is 2.01. The number of aliphatic carboxylic acids is 1. The van der Waals surface area contributed by atoms with E-state index in [2.05, 4.69) is 31.5 Å². The molecule has 0 saturated heterocycles. The zero-order valence-corrected chi connectivity index (χ0v) is 14.8. The Hall–Kier alpha value is -1.96. The largest absolute Gasteiger partial charge is 0.480 e. The summed E-state index contributed by atoms with van der Waals surface area (Å²) >= 11 is 3.25. The predicted molar refractivity (Wildman–Crippen MR) is 87.7 cm³/mol. The first kappa shape index (κ1) is 19.1. The average Bonchev–Trinajstić information content (AvgIpc) is 2.45. The fraction of sp³-hybridized carbons (Fsp3) is 0.467. The van der Waals surface area contributed by atoms with Crippen LogP contribution >= 0.6 is 15.9 Å². The van der Waals surface area contributed by atoms with Crippen LogP contribution in [0, 0.1) is 5.92 Å². The quantitative estimate of drug-likeness (QED) is 0.609. The van der Waals surface area contributed by atoms with Gasteiger partial charge < -0.3 is 15.7 Å². The van der Waals surface area contributed by atoms with Crippen molar-refractivity contribution < 1.29 is 19.5 Å². The van der Waals surface area contributed by atoms with Crippen molar-refractivity contribution in [3.63, 3.8) is 0 Å². The van der Waals surface area contributed by atoms with E-state index in [1.54, 1.807) is 32.2 Å². The molecule has 0 bridgehead atoms. The number of carboxylic acids is 1. The van der Waals surface area contributed by atoms with Crippen LogP contribution in [0.15, 0.2) is 22.9 Å². The van der Waals surface area contributed by atoms with Crippen molar-refractivity contribution in [2.75, 3.05) is 0 Å². The number of pyridine rings is 1. The summed E-state index contributed by atoms with van der Waals surface area (Å²) in [4.78, 5) is 38.9. The van der Waals surface area contributed by atoms with E-state index >= 15 is 0 Å². The summed E-state index contributed by atoms with van der Waals surface area (Å²) in [7, 11) is 0. The highest BCUT2D eigenvalue weighted by Gasteiger charge is 2.28. The van der Waals surface area contributed by atoms with Crippen LogP contribution in [-0.2, 0) is 20.8 Å². The van der Waals surface area contributed by atoms with E-state index in [-0.39, 0.29) is 18.2 Å². The molecule has 2 amide bonds. The lowest BCUT2D eigenvalue weighted by Gasteiger charge is -2.23. The number of amides is 2. The van der Waals surface area contributed by atoms with E-state index in [1.807, 2.05) is 0 Å². The van der Waals surface area contributed by atoms with E-state index in [0.717, 1.165) is 0 Å². The van der Waals surface area contributed by atoms with Gasteiger partial charge >= 0.3 is 5.97 Å². The van der Waals surface area contributed by atoms with Gasteiger partial charge in [-0.1, -0.05) is 19.9 Å². The van der Waals surface area contributed by atoms with Gasteiger partial charge in [0.25, 0.3) is 0 Å². The molecule has 1 rings (SSSR count). The zero-order chi connectivity index (χ0) is 17.6. The molecule has 1 aromatic heterocycles. The Labute approximate surface area is 143 Å². The summed E-state index contributed by atoms with van der Waals surface area (Å²) in [5.74, 6) is -2.19. The van der Waals surface area contributed by atoms with E-state index < -0.39 is 24.0 Å². The molecule has 0 saturated carbocycles. The molecular weight excluding hydrogens is 366 g/mol. The molecular formula is C15H20BrN3O4. The Bertz CT molecular complexity index is 592. The second-order valence-corrected chi connectivity index (χ2v) is 6.23. The van der Waals surface area contributed by atoms with E-state index in [4.69, 9.17) is 0 Å². The van der Waals surface area contributed by atoms with Gasteiger partial charge in [0.15, 0.2) is 0 Å². The molecule has 0 radical (unpaired) electrons. The first-order chi connectivity index (χ1) is 10.7. The number of nitrogens with one attached hydrogen (secondary N) is 2. The summed E-state index contributed by atoms with van der Waals surface area (Å²) in [6.45, 7) is 4.85. The van der Waals surface area contributed by atoms with Crippen LogP contribution < -0.4 is 10.6 Å². The Morgan fingerprint density at radius 3 is 2.43 bits per heavy atom. The van der Waals surface area contributed by atoms with Crippen LogP contribution in [0.1, 0.15) is 26.3 Å². The van der Waals surface area contributed by atoms with Crippen LogP contribution in [0.5, 0.6) is 0 Å². The normalized spacial score (nSPS) is 13.3. The van der Waals surface area contributed by atoms with E-state index in [1.165, 1.54) is 6.92 Å². The maximum Gasteiger partial charge on any atom is 0.326 e. The van der Waals surface area contributed by atoms with E-state index in [9.17, 15) is 19.5 Å². The van der Waals surface area contributed by atoms with Crippen molar-refractivity contribution in [2.24, 2.45) is 5.92 Å². The van der Waals surface area contributed by atoms with Gasteiger partial charge in [0.05, 0.1) is 0 Å². The van der Waals surface area contributed by atoms with Gasteiger partial charge in [0.1, 0.15) is 16.7 Å². The van der Waals surface area contributed by atoms with Gasteiger partial charge in [-0.15, -0.1) is 0 Å². The molecule has 0 aliphatic heterocycles. The highest BCUT2D eigenvalue weighted by molar-refractivity contribution is 9.10. The zero-order valence-electron chi connectivity index (χ0n) is 13.2. The Morgan fingerprint density at radius 2 is 1.96 bits per heavy atom. The van der Waals surface area contributed by atoms with Gasteiger partial charge in [0, 0.05) is 19.5 Å². The van der Waals surface area contributed by atoms with Crippen LogP contribution in [0.25, 0.3) is 0 Å². The van der Waals surface area contributed by atoms with Crippen LogP contribution in [0.2, 0.25) is 0 Å². The highest BCUT2D eigenvalue weighted by Crippen LogP contribution is 2.15. The highest BCUT2D eigenvalue weighted by atomic mass is 79.9. The van der Waals surface area contributed by atoms with Crippen molar-refractivity contribution in [1.82, 2.24) is 15.6 Å². The molecule has 3 N–H and O–H groups in total. The molecule has 8 heteroatoms. The number of hydrogen-bond acceptors (Lipinski definition) is 4. The average molecular weight is 386 g/mol. The number of hydrogen-bond donors (Lipinski definition) is 3. The van der Waals surface area contributed by atoms with Crippen molar-refractivity contribution in [2.45, 2.75) is 39.3 Å². The standard InChI is InChI=1S/C15H20BrN3O4/c1-8(2)12(18-9(3)20)14(21)19-11(15(22)23)7-10-5-4-6-17-13(10)16/h4-6,8,11-12H,7H2,1-3H3,(H,18,20)(H,19,21)(H,22,23)/t11-,12-/m1/s1. The molecule has 1 heterocycles. The maximum atomic E-state index is 12.3. The third-order valence-corrected chi connectivity index (χ3v) is 3.90. The maximum absolute atomic E-state index is 12.3. The molecule has 0 unspecified atom stereocenters. The first-order valence-electron chi connectivity index (χ1n) is 7.12. The van der Waals surface area contributed by atoms with Gasteiger partial charge in [-0.25, -0.2) is 9.78 Å². The third kappa shape index (κ3) is 5.97. The van der Waals surface area contributed by atoms with Gasteiger partial charge in [-0.05, 0) is 33.5 Å². The molecule has 0 aliphatic carbocycles. The van der Waals surface area contributed by atoms with E-state index in [0.29, 0.717) is 10.2 Å². The first-order valence-corrected chi connectivity index (χ1v) is 7.91. The van der Waals surface area contributed by atoms with Crippen LogP contribution in [0.4, 0.5) is 0 Å². The Morgan fingerprint density at radius 1 is 1.30 bits per heavy atom. The minimum absolute atomic E-state index is 0.0837. The molecule has 2 atom stereocenters. The van der Waals surface area contributed by atoms with Crippen LogP contribution in [0.3, 0.4) is 0 Å². The van der Waals surface area contributed by atoms with Crippen LogP contribution in [-0.4, -0.2) is 40.0 Å². The lowest BCUT2D eigenvalue weighted by molar-refractivity contribution is -0.142. The molecule has 7 nitrogen and oxygen atoms in total. The summed E-state index contributed by atoms with van der Waals surface area (Å²) in [5, 5.41) is 14.3. The number of aromatic nitrogens is 1. The topological polar surface area (TPSA) is 108 Å². The van der Waals surface area contributed by atoms with Crippen molar-refractivity contribution in [3.8, 4) is 0 Å². The number of nitrogens with zero attached hydrogens (tertiary/aromatic N) is 1. The number of rotatable bonds is 7. The molecule has 23 heavy (non-hydrogen) atoms. The SMILES string of the molecule is CC(=O)N[C@@H](C(=O)N[C@H](Cc1cccnc1Br)C(=O)O)C(C)C. The Kier molecular flexibility index (Phi) is 7.15. The number of carbonyl (C=O) groups is 3. The summed E-state index contributed by atoms with van der Waals surface area (Å²) < 4.78 is 0.530. The summed E-state index contributed by atoms with van der Waals surface area (Å²) in [6.07, 6.45) is 1.66. The summed E-state index contributed by atoms with van der Waals surface area (Å²) in [5.41, 5.74) is 0.667. The fourth-order valence-corrected chi connectivity index (χ4v) is 2.42. The Balaban J connectivity index is 2.86. The number of carboxylic acid groups (broad SMARTS) is 1. The number of halogens is 1. The third-order valence-electron chi connectivity index (χ3n) is 3.18. The molecule has 126 valence electrons. The van der Waals surface area contributed by atoms with Crippen molar-refractivity contribution in [3.05, 3.63) is 28.5 Å².